The fourth-order valence-corrected chi connectivity index (χ4v) is 2.50. The molecule has 2 N–H and O–H groups in total. The van der Waals surface area contributed by atoms with Gasteiger partial charge in [-0.2, -0.15) is 0 Å². The van der Waals surface area contributed by atoms with E-state index >= 15 is 0 Å². The van der Waals surface area contributed by atoms with E-state index in [1.54, 1.807) is 7.11 Å². The monoisotopic (exact) mass is 331 g/mol. The number of ether oxygens (including phenoxy) is 3. The molecule has 1 unspecified atom stereocenters. The molecule has 1 rings (SSSR count). The van der Waals surface area contributed by atoms with Crippen LogP contribution in [0.15, 0.2) is 0 Å². The van der Waals surface area contributed by atoms with Crippen LogP contribution in [0.3, 0.4) is 0 Å². The maximum atomic E-state index is 11.9. The predicted molar refractivity (Wildman–Crippen MR) is 88.4 cm³/mol. The molecule has 1 aliphatic rings. The largest absolute Gasteiger partial charge is 0.444 e. The number of rotatable bonds is 11. The molecule has 0 radical (unpaired) electrons. The number of carbonyl (C=O) groups excluding carboxylic acids is 1. The molecule has 0 heterocycles. The second-order valence-electron chi connectivity index (χ2n) is 7.52. The van der Waals surface area contributed by atoms with E-state index in [2.05, 4.69) is 5.32 Å². The highest BCUT2D eigenvalue weighted by Crippen LogP contribution is 2.41. The van der Waals surface area contributed by atoms with Crippen LogP contribution >= 0.6 is 0 Å². The Kier molecular flexibility index (Phi) is 8.29. The van der Waals surface area contributed by atoms with Crippen LogP contribution < -0.4 is 5.32 Å². The number of hydrogen-bond acceptors (Lipinski definition) is 5. The number of aliphatic hydroxyl groups is 1. The molecule has 0 aromatic rings. The van der Waals surface area contributed by atoms with Crippen molar-refractivity contribution in [1.82, 2.24) is 5.32 Å². The second-order valence-corrected chi connectivity index (χ2v) is 7.52. The third-order valence-electron chi connectivity index (χ3n) is 3.97. The van der Waals surface area contributed by atoms with Crippen LogP contribution in [0.1, 0.15) is 46.5 Å². The van der Waals surface area contributed by atoms with Crippen LogP contribution in [-0.2, 0) is 14.2 Å². The van der Waals surface area contributed by atoms with Gasteiger partial charge in [0.25, 0.3) is 0 Å². The molecule has 23 heavy (non-hydrogen) atoms. The highest BCUT2D eigenvalue weighted by molar-refractivity contribution is 5.67. The summed E-state index contributed by atoms with van der Waals surface area (Å²) in [6.45, 7) is 7.59. The van der Waals surface area contributed by atoms with E-state index in [0.29, 0.717) is 38.7 Å². The lowest BCUT2D eigenvalue weighted by Crippen LogP contribution is -2.43. The summed E-state index contributed by atoms with van der Waals surface area (Å²) in [5, 5.41) is 12.7. The average Bonchev–Trinajstić information content (AvgIpc) is 3.26. The van der Waals surface area contributed by atoms with Gasteiger partial charge >= 0.3 is 6.09 Å². The van der Waals surface area contributed by atoms with Crippen molar-refractivity contribution in [1.29, 1.82) is 0 Å². The molecule has 1 atom stereocenters. The number of alkyl carbamates (subject to hydrolysis) is 1. The molecular formula is C17H33NO5. The van der Waals surface area contributed by atoms with Crippen molar-refractivity contribution in [3.63, 3.8) is 0 Å². The van der Waals surface area contributed by atoms with Crippen LogP contribution in [0.25, 0.3) is 0 Å². The Morgan fingerprint density at radius 3 is 2.43 bits per heavy atom. The Labute approximate surface area is 139 Å². The summed E-state index contributed by atoms with van der Waals surface area (Å²) in [6, 6.07) is 0. The first kappa shape index (κ1) is 20.2. The molecule has 1 saturated carbocycles. The molecule has 0 aromatic heterocycles. The zero-order chi connectivity index (χ0) is 17.3. The van der Waals surface area contributed by atoms with Crippen molar-refractivity contribution in [3.05, 3.63) is 0 Å². The first-order valence-electron chi connectivity index (χ1n) is 8.45. The van der Waals surface area contributed by atoms with E-state index in [1.807, 2.05) is 20.8 Å². The maximum absolute atomic E-state index is 11.9. The fraction of sp³-hybridized carbons (Fsp3) is 0.941. The number of amides is 1. The SMILES string of the molecule is COCCOCCC(CO)(CNC(=O)OC(C)(C)C)CC1CC1. The first-order chi connectivity index (χ1) is 10.8. The van der Waals surface area contributed by atoms with Crippen LogP contribution in [0, 0.1) is 11.3 Å². The predicted octanol–water partition coefficient (Wildman–Crippen LogP) is 2.34. The Balaban J connectivity index is 2.47. The number of carbonyl (C=O) groups is 1. The zero-order valence-electron chi connectivity index (χ0n) is 15.0. The summed E-state index contributed by atoms with van der Waals surface area (Å²) >= 11 is 0. The fourth-order valence-electron chi connectivity index (χ4n) is 2.50. The van der Waals surface area contributed by atoms with Crippen molar-refractivity contribution in [3.8, 4) is 0 Å². The van der Waals surface area contributed by atoms with Gasteiger partial charge in [0.15, 0.2) is 0 Å². The molecule has 0 bridgehead atoms. The quantitative estimate of drug-likeness (QED) is 0.568. The topological polar surface area (TPSA) is 77.0 Å². The van der Waals surface area contributed by atoms with E-state index < -0.39 is 11.7 Å². The summed E-state index contributed by atoms with van der Waals surface area (Å²) < 4.78 is 15.8. The van der Waals surface area contributed by atoms with Crippen LogP contribution in [0.4, 0.5) is 4.79 Å². The lowest BCUT2D eigenvalue weighted by Gasteiger charge is -2.33. The van der Waals surface area contributed by atoms with Crippen LogP contribution in [0.2, 0.25) is 0 Å². The second kappa shape index (κ2) is 9.45. The number of methoxy groups -OCH3 is 1. The minimum atomic E-state index is -0.522. The Hall–Kier alpha value is -0.850. The van der Waals surface area contributed by atoms with Crippen LogP contribution in [-0.4, -0.2) is 56.9 Å². The van der Waals surface area contributed by atoms with Crippen LogP contribution in [0.5, 0.6) is 0 Å². The molecule has 0 aromatic carbocycles. The van der Waals surface area contributed by atoms with Crippen molar-refractivity contribution < 1.29 is 24.1 Å². The van der Waals surface area contributed by atoms with Gasteiger partial charge < -0.3 is 24.6 Å². The Morgan fingerprint density at radius 1 is 1.22 bits per heavy atom. The summed E-state index contributed by atoms with van der Waals surface area (Å²) in [6.07, 6.45) is 3.59. The van der Waals surface area contributed by atoms with E-state index in [0.717, 1.165) is 6.42 Å². The molecule has 6 nitrogen and oxygen atoms in total. The van der Waals surface area contributed by atoms with Crippen molar-refractivity contribution in [2.45, 2.75) is 52.1 Å². The molecule has 0 spiro atoms. The Morgan fingerprint density at radius 2 is 1.91 bits per heavy atom. The lowest BCUT2D eigenvalue weighted by molar-refractivity contribution is 0.0215. The van der Waals surface area contributed by atoms with Gasteiger partial charge in [-0.3, -0.25) is 0 Å². The minimum absolute atomic E-state index is 0.0347. The summed E-state index contributed by atoms with van der Waals surface area (Å²) in [5.74, 6) is 0.654. The molecule has 1 aliphatic carbocycles. The van der Waals surface area contributed by atoms with Gasteiger partial charge in [-0.15, -0.1) is 0 Å². The normalized spacial score (nSPS) is 17.6. The first-order valence-corrected chi connectivity index (χ1v) is 8.45. The third kappa shape index (κ3) is 9.13. The van der Waals surface area contributed by atoms with E-state index in [1.165, 1.54) is 12.8 Å². The van der Waals surface area contributed by atoms with Gasteiger partial charge in [-0.25, -0.2) is 4.79 Å². The Bertz CT molecular complexity index is 351. The smallest absolute Gasteiger partial charge is 0.407 e. The molecule has 0 aliphatic heterocycles. The summed E-state index contributed by atoms with van der Waals surface area (Å²) in [4.78, 5) is 11.9. The maximum Gasteiger partial charge on any atom is 0.407 e. The number of nitrogens with one attached hydrogen (secondary N) is 1. The lowest BCUT2D eigenvalue weighted by atomic mass is 9.80. The molecule has 6 heteroatoms. The van der Waals surface area contributed by atoms with Gasteiger partial charge in [0, 0.05) is 25.7 Å². The molecule has 1 amide bonds. The highest BCUT2D eigenvalue weighted by Gasteiger charge is 2.37. The van der Waals surface area contributed by atoms with Crippen molar-refractivity contribution in [2.75, 3.05) is 40.1 Å². The van der Waals surface area contributed by atoms with Crippen molar-refractivity contribution in [2.24, 2.45) is 11.3 Å². The molecule has 0 saturated heterocycles. The van der Waals surface area contributed by atoms with Crippen molar-refractivity contribution >= 4 is 6.09 Å². The van der Waals surface area contributed by atoms with E-state index in [9.17, 15) is 9.90 Å². The minimum Gasteiger partial charge on any atom is -0.444 e. The van der Waals surface area contributed by atoms with Gasteiger partial charge in [-0.1, -0.05) is 12.8 Å². The zero-order valence-corrected chi connectivity index (χ0v) is 15.0. The summed E-state index contributed by atoms with van der Waals surface area (Å²) in [5.41, 5.74) is -0.864. The molecule has 136 valence electrons. The van der Waals surface area contributed by atoms with Gasteiger partial charge in [0.2, 0.25) is 0 Å². The van der Waals surface area contributed by atoms with Gasteiger partial charge in [0.05, 0.1) is 19.8 Å². The number of aliphatic hydroxyl groups excluding tert-OH is 1. The summed E-state index contributed by atoms with van der Waals surface area (Å²) in [7, 11) is 1.64. The van der Waals surface area contributed by atoms with E-state index in [-0.39, 0.29) is 12.0 Å². The molecular weight excluding hydrogens is 298 g/mol. The standard InChI is InChI=1S/C17H33NO5/c1-16(2,3)23-15(20)18-12-17(13-19,11-14-5-6-14)7-8-22-10-9-21-4/h14,19H,5-13H2,1-4H3,(H,18,20). The highest BCUT2D eigenvalue weighted by atomic mass is 16.6. The van der Waals surface area contributed by atoms with E-state index in [4.69, 9.17) is 14.2 Å². The molecule has 1 fully saturated rings. The average molecular weight is 331 g/mol. The van der Waals surface area contributed by atoms with Gasteiger partial charge in [-0.05, 0) is 39.5 Å². The number of hydrogen-bond donors (Lipinski definition) is 2. The third-order valence-corrected chi connectivity index (χ3v) is 3.97. The van der Waals surface area contributed by atoms with Gasteiger partial charge in [0.1, 0.15) is 5.60 Å².